The number of ether oxygens (including phenoxy) is 1. The van der Waals surface area contributed by atoms with Crippen molar-refractivity contribution in [3.63, 3.8) is 0 Å². The highest BCUT2D eigenvalue weighted by Gasteiger charge is 2.10. The van der Waals surface area contributed by atoms with Gasteiger partial charge in [-0.1, -0.05) is 35.4 Å². The molecule has 0 unspecified atom stereocenters. The maximum Gasteiger partial charge on any atom is 0.345 e. The second kappa shape index (κ2) is 8.22. The molecule has 0 bridgehead atoms. The number of carbonyl (C=O) groups is 1. The van der Waals surface area contributed by atoms with Crippen molar-refractivity contribution >= 4 is 11.7 Å². The lowest BCUT2D eigenvalue weighted by Gasteiger charge is -2.09. The lowest BCUT2D eigenvalue weighted by Crippen LogP contribution is -2.01. The molecule has 0 aliphatic rings. The number of carboxylic acid groups (broad SMARTS) is 1. The van der Waals surface area contributed by atoms with Gasteiger partial charge in [-0.2, -0.15) is 4.68 Å². The number of carboxylic acids is 1. The zero-order chi connectivity index (χ0) is 20.1. The van der Waals surface area contributed by atoms with Crippen LogP contribution in [0.3, 0.4) is 0 Å². The zero-order valence-corrected chi connectivity index (χ0v) is 15.3. The second-order valence-electron chi connectivity index (χ2n) is 6.19. The van der Waals surface area contributed by atoms with Gasteiger partial charge in [-0.25, -0.2) is 4.79 Å². The number of hydrogen-bond acceptors (Lipinski definition) is 6. The van der Waals surface area contributed by atoms with Crippen LogP contribution < -0.4 is 10.1 Å². The number of nitrogens with zero attached hydrogens (tertiary/aromatic N) is 4. The standard InChI is InChI=1S/C21H17N5O3/c27-20(28)16-8-10-17(11-9-16)22-14-15-6-12-19(13-7-15)29-21-23-24-25-26(21)18-4-2-1-3-5-18/h1-13,22H,14H2,(H,27,28). The van der Waals surface area contributed by atoms with E-state index in [1.165, 1.54) is 4.68 Å². The summed E-state index contributed by atoms with van der Waals surface area (Å²) in [6.07, 6.45) is 0. The minimum atomic E-state index is -0.939. The summed E-state index contributed by atoms with van der Waals surface area (Å²) in [6.45, 7) is 0.592. The van der Waals surface area contributed by atoms with Crippen molar-refractivity contribution in [1.82, 2.24) is 20.2 Å². The van der Waals surface area contributed by atoms with Crippen molar-refractivity contribution in [3.8, 4) is 17.4 Å². The molecule has 8 nitrogen and oxygen atoms in total. The molecule has 0 atom stereocenters. The first kappa shape index (κ1) is 18.2. The van der Waals surface area contributed by atoms with Gasteiger partial charge < -0.3 is 15.2 Å². The van der Waals surface area contributed by atoms with Crippen LogP contribution in [0.2, 0.25) is 0 Å². The smallest absolute Gasteiger partial charge is 0.345 e. The summed E-state index contributed by atoms with van der Waals surface area (Å²) in [5, 5.41) is 23.8. The fourth-order valence-corrected chi connectivity index (χ4v) is 2.69. The van der Waals surface area contributed by atoms with Crippen LogP contribution in [0, 0.1) is 0 Å². The quantitative estimate of drug-likeness (QED) is 0.498. The minimum absolute atomic E-state index is 0.259. The van der Waals surface area contributed by atoms with Crippen molar-refractivity contribution in [2.45, 2.75) is 6.54 Å². The van der Waals surface area contributed by atoms with Gasteiger partial charge in [-0.3, -0.25) is 0 Å². The summed E-state index contributed by atoms with van der Waals surface area (Å²) in [6, 6.07) is 23.9. The highest BCUT2D eigenvalue weighted by Crippen LogP contribution is 2.22. The lowest BCUT2D eigenvalue weighted by molar-refractivity contribution is 0.0697. The first-order valence-corrected chi connectivity index (χ1v) is 8.87. The Morgan fingerprint density at radius 3 is 2.38 bits per heavy atom. The summed E-state index contributed by atoms with van der Waals surface area (Å²) < 4.78 is 7.33. The number of aromatic carboxylic acids is 1. The topological polar surface area (TPSA) is 102 Å². The Bertz CT molecular complexity index is 1090. The summed E-state index contributed by atoms with van der Waals surface area (Å²) in [7, 11) is 0. The number of tetrazole rings is 1. The number of para-hydroxylation sites is 1. The molecule has 8 heteroatoms. The van der Waals surface area contributed by atoms with E-state index in [4.69, 9.17) is 9.84 Å². The lowest BCUT2D eigenvalue weighted by atomic mass is 10.2. The Kier molecular flexibility index (Phi) is 5.15. The third kappa shape index (κ3) is 4.38. The van der Waals surface area contributed by atoms with E-state index in [0.29, 0.717) is 12.3 Å². The molecule has 0 fully saturated rings. The zero-order valence-electron chi connectivity index (χ0n) is 15.3. The van der Waals surface area contributed by atoms with E-state index in [-0.39, 0.29) is 11.6 Å². The predicted molar refractivity (Wildman–Crippen MR) is 106 cm³/mol. The van der Waals surface area contributed by atoms with Crippen molar-refractivity contribution < 1.29 is 14.6 Å². The third-order valence-corrected chi connectivity index (χ3v) is 4.20. The van der Waals surface area contributed by atoms with Gasteiger partial charge in [-0.15, -0.1) is 0 Å². The van der Waals surface area contributed by atoms with Crippen LogP contribution in [0.4, 0.5) is 5.69 Å². The van der Waals surface area contributed by atoms with Crippen LogP contribution in [0.5, 0.6) is 11.8 Å². The van der Waals surface area contributed by atoms with Gasteiger partial charge in [0.05, 0.1) is 11.3 Å². The van der Waals surface area contributed by atoms with Crippen LogP contribution in [0.25, 0.3) is 5.69 Å². The molecule has 0 radical (unpaired) electrons. The van der Waals surface area contributed by atoms with Gasteiger partial charge in [0.25, 0.3) is 0 Å². The van der Waals surface area contributed by atoms with Crippen LogP contribution in [0.1, 0.15) is 15.9 Å². The van der Waals surface area contributed by atoms with E-state index < -0.39 is 5.97 Å². The fourth-order valence-electron chi connectivity index (χ4n) is 2.69. The number of aromatic nitrogens is 4. The molecule has 0 saturated carbocycles. The van der Waals surface area contributed by atoms with Gasteiger partial charge >= 0.3 is 12.0 Å². The summed E-state index contributed by atoms with van der Waals surface area (Å²) in [5.41, 5.74) is 2.96. The SMILES string of the molecule is O=C(O)c1ccc(NCc2ccc(Oc3nnnn3-c3ccccc3)cc2)cc1. The first-order chi connectivity index (χ1) is 14.2. The van der Waals surface area contributed by atoms with Gasteiger partial charge in [0, 0.05) is 12.2 Å². The van der Waals surface area contributed by atoms with Crippen LogP contribution in [0.15, 0.2) is 78.9 Å². The first-order valence-electron chi connectivity index (χ1n) is 8.87. The molecular weight excluding hydrogens is 370 g/mol. The molecular formula is C21H17N5O3. The molecule has 1 heterocycles. The average molecular weight is 387 g/mol. The van der Waals surface area contributed by atoms with Crippen LogP contribution in [-0.4, -0.2) is 31.3 Å². The van der Waals surface area contributed by atoms with Crippen LogP contribution in [-0.2, 0) is 6.54 Å². The molecule has 144 valence electrons. The second-order valence-corrected chi connectivity index (χ2v) is 6.19. The van der Waals surface area contributed by atoms with Crippen LogP contribution >= 0.6 is 0 Å². The molecule has 0 amide bonds. The molecule has 4 aromatic rings. The molecule has 1 aromatic heterocycles. The summed E-state index contributed by atoms with van der Waals surface area (Å²) in [4.78, 5) is 10.9. The monoisotopic (exact) mass is 387 g/mol. The summed E-state index contributed by atoms with van der Waals surface area (Å²) in [5.74, 6) is -0.322. The molecule has 3 aromatic carbocycles. The predicted octanol–water partition coefficient (Wildman–Crippen LogP) is 3.76. The maximum atomic E-state index is 10.9. The number of anilines is 1. The van der Waals surface area contributed by atoms with Gasteiger partial charge in [0.15, 0.2) is 0 Å². The molecule has 0 aliphatic heterocycles. The summed E-state index contributed by atoms with van der Waals surface area (Å²) >= 11 is 0. The van der Waals surface area contributed by atoms with E-state index >= 15 is 0 Å². The van der Waals surface area contributed by atoms with E-state index in [9.17, 15) is 4.79 Å². The van der Waals surface area contributed by atoms with Gasteiger partial charge in [-0.05, 0) is 64.5 Å². The van der Waals surface area contributed by atoms with Crippen molar-refractivity contribution in [2.24, 2.45) is 0 Å². The molecule has 29 heavy (non-hydrogen) atoms. The molecule has 0 saturated heterocycles. The highest BCUT2D eigenvalue weighted by molar-refractivity contribution is 5.87. The van der Waals surface area contributed by atoms with Crippen molar-refractivity contribution in [3.05, 3.63) is 90.0 Å². The molecule has 4 rings (SSSR count). The fraction of sp³-hybridized carbons (Fsp3) is 0.0476. The average Bonchev–Trinajstić information content (AvgIpc) is 3.22. The maximum absolute atomic E-state index is 10.9. The molecule has 0 spiro atoms. The number of benzene rings is 3. The van der Waals surface area contributed by atoms with E-state index in [2.05, 4.69) is 20.8 Å². The number of hydrogen-bond donors (Lipinski definition) is 2. The minimum Gasteiger partial charge on any atom is -0.478 e. The Morgan fingerprint density at radius 2 is 1.69 bits per heavy atom. The molecule has 0 aliphatic carbocycles. The Hall–Kier alpha value is -4.20. The van der Waals surface area contributed by atoms with Gasteiger partial charge in [0.2, 0.25) is 0 Å². The number of rotatable bonds is 7. The normalized spacial score (nSPS) is 10.5. The van der Waals surface area contributed by atoms with E-state index in [1.807, 2.05) is 54.6 Å². The van der Waals surface area contributed by atoms with Gasteiger partial charge in [0.1, 0.15) is 5.75 Å². The Morgan fingerprint density at radius 1 is 0.966 bits per heavy atom. The third-order valence-electron chi connectivity index (χ3n) is 4.20. The highest BCUT2D eigenvalue weighted by atomic mass is 16.5. The van der Waals surface area contributed by atoms with E-state index in [1.54, 1.807) is 24.3 Å². The Labute approximate surface area is 166 Å². The Balaban J connectivity index is 1.39. The van der Waals surface area contributed by atoms with Crippen molar-refractivity contribution in [1.29, 1.82) is 0 Å². The molecule has 2 N–H and O–H groups in total. The number of nitrogens with one attached hydrogen (secondary N) is 1. The van der Waals surface area contributed by atoms with Crippen molar-refractivity contribution in [2.75, 3.05) is 5.32 Å². The largest absolute Gasteiger partial charge is 0.478 e. The van der Waals surface area contributed by atoms with E-state index in [0.717, 1.165) is 16.9 Å².